The topological polar surface area (TPSA) is 12.0 Å². The second-order valence-electron chi connectivity index (χ2n) is 5.24. The molecular weight excluding hydrogens is 232 g/mol. The van der Waals surface area contributed by atoms with E-state index in [1.165, 1.54) is 12.1 Å². The summed E-state index contributed by atoms with van der Waals surface area (Å²) in [6.07, 6.45) is 2.22. The Morgan fingerprint density at radius 3 is 2.11 bits per heavy atom. The van der Waals surface area contributed by atoms with Gasteiger partial charge in [-0.15, -0.1) is 0 Å². The molecule has 0 aliphatic heterocycles. The van der Waals surface area contributed by atoms with Crippen molar-refractivity contribution in [2.45, 2.75) is 52.6 Å². The first-order valence-corrected chi connectivity index (χ1v) is 6.64. The molecule has 0 saturated heterocycles. The highest BCUT2D eigenvalue weighted by Crippen LogP contribution is 2.18. The van der Waals surface area contributed by atoms with Crippen molar-refractivity contribution in [2.75, 3.05) is 0 Å². The first-order valence-electron chi connectivity index (χ1n) is 6.64. The smallest absolute Gasteiger partial charge is 0.126 e. The van der Waals surface area contributed by atoms with Gasteiger partial charge in [0.05, 0.1) is 0 Å². The Balaban J connectivity index is 2.61. The van der Waals surface area contributed by atoms with Crippen molar-refractivity contribution in [1.29, 1.82) is 0 Å². The molecule has 0 aromatic heterocycles. The molecule has 1 nitrogen and oxygen atoms in total. The highest BCUT2D eigenvalue weighted by atomic mass is 19.1. The Kier molecular flexibility index (Phi) is 5.73. The van der Waals surface area contributed by atoms with Crippen LogP contribution in [0, 0.1) is 17.6 Å². The highest BCUT2D eigenvalue weighted by molar-refractivity contribution is 5.21. The van der Waals surface area contributed by atoms with Crippen LogP contribution in [0.15, 0.2) is 18.2 Å². The van der Waals surface area contributed by atoms with E-state index >= 15 is 0 Å². The largest absolute Gasteiger partial charge is 0.308 e. The van der Waals surface area contributed by atoms with Crippen molar-refractivity contribution in [3.05, 3.63) is 35.4 Å². The van der Waals surface area contributed by atoms with E-state index in [1.807, 2.05) is 6.92 Å². The first kappa shape index (κ1) is 15.1. The minimum atomic E-state index is -0.520. The second-order valence-corrected chi connectivity index (χ2v) is 5.24. The van der Waals surface area contributed by atoms with Gasteiger partial charge in [0.2, 0.25) is 0 Å². The lowest BCUT2D eigenvalue weighted by Crippen LogP contribution is -2.30. The average Bonchev–Trinajstić information content (AvgIpc) is 2.27. The average molecular weight is 255 g/mol. The molecule has 0 heterocycles. The van der Waals surface area contributed by atoms with Gasteiger partial charge in [-0.1, -0.05) is 20.3 Å². The Morgan fingerprint density at radius 1 is 1.06 bits per heavy atom. The van der Waals surface area contributed by atoms with Crippen molar-refractivity contribution >= 4 is 0 Å². The summed E-state index contributed by atoms with van der Waals surface area (Å²) in [7, 11) is 0. The lowest BCUT2D eigenvalue weighted by molar-refractivity contribution is 0.384. The summed E-state index contributed by atoms with van der Waals surface area (Å²) >= 11 is 0. The summed E-state index contributed by atoms with van der Waals surface area (Å²) in [5.74, 6) is -0.384. The first-order chi connectivity index (χ1) is 8.42. The highest BCUT2D eigenvalue weighted by Gasteiger charge is 2.13. The molecule has 18 heavy (non-hydrogen) atoms. The van der Waals surface area contributed by atoms with Gasteiger partial charge in [0.1, 0.15) is 11.6 Å². The minimum Gasteiger partial charge on any atom is -0.308 e. The Hall–Kier alpha value is -0.960. The van der Waals surface area contributed by atoms with E-state index in [4.69, 9.17) is 0 Å². The molecule has 0 bridgehead atoms. The van der Waals surface area contributed by atoms with Crippen LogP contribution >= 0.6 is 0 Å². The van der Waals surface area contributed by atoms with Gasteiger partial charge < -0.3 is 5.32 Å². The fourth-order valence-corrected chi connectivity index (χ4v) is 2.19. The van der Waals surface area contributed by atoms with Crippen molar-refractivity contribution in [3.63, 3.8) is 0 Å². The quantitative estimate of drug-likeness (QED) is 0.792. The third-order valence-electron chi connectivity index (χ3n) is 3.37. The van der Waals surface area contributed by atoms with Gasteiger partial charge in [-0.05, 0) is 43.9 Å². The van der Waals surface area contributed by atoms with Crippen molar-refractivity contribution in [2.24, 2.45) is 5.92 Å². The zero-order valence-corrected chi connectivity index (χ0v) is 11.6. The van der Waals surface area contributed by atoms with E-state index in [9.17, 15) is 8.78 Å². The minimum absolute atomic E-state index is 0.0470. The molecule has 102 valence electrons. The molecule has 0 aliphatic rings. The fourth-order valence-electron chi connectivity index (χ4n) is 2.19. The lowest BCUT2D eigenvalue weighted by Gasteiger charge is -2.22. The predicted octanol–water partition coefficient (Wildman–Crippen LogP) is 4.44. The molecule has 0 spiro atoms. The molecule has 1 aromatic carbocycles. The molecule has 0 saturated carbocycles. The SMILES string of the molecule is CCC(C)CC(C)NC(C)c1cc(F)cc(F)c1. The van der Waals surface area contributed by atoms with Gasteiger partial charge in [-0.2, -0.15) is 0 Å². The zero-order chi connectivity index (χ0) is 13.7. The predicted molar refractivity (Wildman–Crippen MR) is 71.4 cm³/mol. The Bertz CT molecular complexity index is 359. The Morgan fingerprint density at radius 2 is 1.61 bits per heavy atom. The molecule has 1 N–H and O–H groups in total. The molecule has 1 rings (SSSR count). The Labute approximate surface area is 109 Å². The van der Waals surface area contributed by atoms with Crippen LogP contribution in [0.25, 0.3) is 0 Å². The number of rotatable bonds is 6. The van der Waals surface area contributed by atoms with E-state index in [1.54, 1.807) is 0 Å². The van der Waals surface area contributed by atoms with Crippen molar-refractivity contribution in [3.8, 4) is 0 Å². The molecule has 0 radical (unpaired) electrons. The number of halogens is 2. The van der Waals surface area contributed by atoms with Crippen LogP contribution in [0.1, 0.15) is 52.1 Å². The second kappa shape index (κ2) is 6.83. The maximum Gasteiger partial charge on any atom is 0.126 e. The maximum atomic E-state index is 13.1. The molecule has 3 heteroatoms. The number of hydrogen-bond acceptors (Lipinski definition) is 1. The summed E-state index contributed by atoms with van der Waals surface area (Å²) in [5.41, 5.74) is 0.656. The van der Waals surface area contributed by atoms with Gasteiger partial charge in [-0.25, -0.2) is 8.78 Å². The van der Waals surface area contributed by atoms with E-state index in [-0.39, 0.29) is 6.04 Å². The van der Waals surface area contributed by atoms with E-state index < -0.39 is 11.6 Å². The summed E-state index contributed by atoms with van der Waals surface area (Å²) in [5, 5.41) is 3.38. The van der Waals surface area contributed by atoms with Crippen molar-refractivity contribution in [1.82, 2.24) is 5.32 Å². The van der Waals surface area contributed by atoms with Gasteiger partial charge in [0, 0.05) is 18.2 Å². The fraction of sp³-hybridized carbons (Fsp3) is 0.600. The van der Waals surface area contributed by atoms with Crippen LogP contribution in [-0.2, 0) is 0 Å². The molecule has 1 aromatic rings. The monoisotopic (exact) mass is 255 g/mol. The number of benzene rings is 1. The number of nitrogens with one attached hydrogen (secondary N) is 1. The lowest BCUT2D eigenvalue weighted by atomic mass is 9.99. The van der Waals surface area contributed by atoms with Crippen LogP contribution < -0.4 is 5.32 Å². The van der Waals surface area contributed by atoms with Gasteiger partial charge in [0.15, 0.2) is 0 Å². The molecular formula is C15H23F2N. The maximum absolute atomic E-state index is 13.1. The van der Waals surface area contributed by atoms with E-state index in [0.717, 1.165) is 18.9 Å². The molecule has 0 fully saturated rings. The third-order valence-corrected chi connectivity index (χ3v) is 3.37. The molecule has 0 amide bonds. The van der Waals surface area contributed by atoms with Crippen LogP contribution in [0.4, 0.5) is 8.78 Å². The molecule has 3 atom stereocenters. The van der Waals surface area contributed by atoms with E-state index in [0.29, 0.717) is 17.5 Å². The standard InChI is InChI=1S/C15H23F2N/c1-5-10(2)6-11(3)18-12(4)13-7-14(16)9-15(17)8-13/h7-12,18H,5-6H2,1-4H3. The van der Waals surface area contributed by atoms with Gasteiger partial charge in [-0.3, -0.25) is 0 Å². The van der Waals surface area contributed by atoms with Crippen LogP contribution in [0.5, 0.6) is 0 Å². The summed E-state index contributed by atoms with van der Waals surface area (Å²) < 4.78 is 26.2. The number of hydrogen-bond donors (Lipinski definition) is 1. The van der Waals surface area contributed by atoms with E-state index in [2.05, 4.69) is 26.1 Å². The summed E-state index contributed by atoms with van der Waals surface area (Å²) in [6.45, 7) is 8.42. The van der Waals surface area contributed by atoms with Gasteiger partial charge in [0.25, 0.3) is 0 Å². The molecule has 3 unspecified atom stereocenters. The van der Waals surface area contributed by atoms with Crippen LogP contribution in [0.3, 0.4) is 0 Å². The normalized spacial score (nSPS) is 16.3. The van der Waals surface area contributed by atoms with Crippen molar-refractivity contribution < 1.29 is 8.78 Å². The molecule has 0 aliphatic carbocycles. The summed E-state index contributed by atoms with van der Waals surface area (Å²) in [6, 6.07) is 3.96. The zero-order valence-electron chi connectivity index (χ0n) is 11.6. The summed E-state index contributed by atoms with van der Waals surface area (Å²) in [4.78, 5) is 0. The van der Waals surface area contributed by atoms with Crippen LogP contribution in [-0.4, -0.2) is 6.04 Å². The van der Waals surface area contributed by atoms with Gasteiger partial charge >= 0.3 is 0 Å². The third kappa shape index (κ3) is 4.73. The van der Waals surface area contributed by atoms with Crippen LogP contribution in [0.2, 0.25) is 0 Å².